The molecular weight excluding hydrogens is 359 g/mol. The highest BCUT2D eigenvalue weighted by Crippen LogP contribution is 2.26. The van der Waals surface area contributed by atoms with Gasteiger partial charge in [-0.2, -0.15) is 4.31 Å². The van der Waals surface area contributed by atoms with Crippen molar-refractivity contribution in [3.05, 3.63) is 29.0 Å². The number of rotatable bonds is 6. The second-order valence-corrected chi connectivity index (χ2v) is 7.97. The van der Waals surface area contributed by atoms with Gasteiger partial charge in [0.1, 0.15) is 5.82 Å². The third-order valence-electron chi connectivity index (χ3n) is 3.99. The lowest BCUT2D eigenvalue weighted by Crippen LogP contribution is -2.43. The molecule has 9 heteroatoms. The third-order valence-corrected chi connectivity index (χ3v) is 6.17. The largest absolute Gasteiger partial charge is 0.396 e. The van der Waals surface area contributed by atoms with Crippen LogP contribution in [0.4, 0.5) is 4.39 Å². The normalized spacial score (nSPS) is 17.0. The van der Waals surface area contributed by atoms with E-state index in [1.165, 1.54) is 10.4 Å². The summed E-state index contributed by atoms with van der Waals surface area (Å²) >= 11 is 5.66. The van der Waals surface area contributed by atoms with Crippen LogP contribution in [-0.2, 0) is 14.8 Å². The van der Waals surface area contributed by atoms with Crippen LogP contribution in [0.5, 0.6) is 0 Å². The maximum Gasteiger partial charge on any atom is 0.243 e. The maximum atomic E-state index is 13.2. The fourth-order valence-electron chi connectivity index (χ4n) is 2.58. The van der Waals surface area contributed by atoms with Crippen LogP contribution in [0.25, 0.3) is 0 Å². The number of piperidine rings is 1. The summed E-state index contributed by atoms with van der Waals surface area (Å²) in [5.74, 6) is -1.04. The number of aliphatic hydroxyl groups is 1. The molecule has 1 saturated heterocycles. The van der Waals surface area contributed by atoms with Crippen molar-refractivity contribution in [1.82, 2.24) is 9.62 Å². The van der Waals surface area contributed by atoms with E-state index >= 15 is 0 Å². The monoisotopic (exact) mass is 378 g/mol. The number of nitrogens with one attached hydrogen (secondary N) is 1. The Labute approximate surface area is 145 Å². The zero-order valence-corrected chi connectivity index (χ0v) is 14.6. The molecule has 0 bridgehead atoms. The fourth-order valence-corrected chi connectivity index (χ4v) is 4.32. The predicted octanol–water partition coefficient (Wildman–Crippen LogP) is 1.38. The van der Waals surface area contributed by atoms with Gasteiger partial charge in [-0.25, -0.2) is 12.8 Å². The predicted molar refractivity (Wildman–Crippen MR) is 87.6 cm³/mol. The second kappa shape index (κ2) is 8.24. The van der Waals surface area contributed by atoms with Gasteiger partial charge in [0, 0.05) is 32.2 Å². The molecule has 0 spiro atoms. The van der Waals surface area contributed by atoms with Crippen molar-refractivity contribution in [2.75, 3.05) is 26.2 Å². The molecule has 1 amide bonds. The first kappa shape index (κ1) is 19.1. The molecule has 1 aromatic carbocycles. The molecule has 1 aliphatic heterocycles. The number of halogens is 2. The van der Waals surface area contributed by atoms with E-state index in [0.29, 0.717) is 25.8 Å². The summed E-state index contributed by atoms with van der Waals surface area (Å²) in [6.45, 7) is 0.851. The van der Waals surface area contributed by atoms with Crippen LogP contribution < -0.4 is 5.32 Å². The van der Waals surface area contributed by atoms with Gasteiger partial charge < -0.3 is 10.4 Å². The molecule has 0 saturated carbocycles. The van der Waals surface area contributed by atoms with Crippen molar-refractivity contribution < 1.29 is 22.7 Å². The molecular formula is C15H20ClFN2O4S. The molecule has 0 aromatic heterocycles. The molecule has 134 valence electrons. The molecule has 0 aliphatic carbocycles. The topological polar surface area (TPSA) is 86.7 Å². The summed E-state index contributed by atoms with van der Waals surface area (Å²) < 4.78 is 39.6. The summed E-state index contributed by atoms with van der Waals surface area (Å²) in [5, 5.41) is 11.2. The van der Waals surface area contributed by atoms with Crippen LogP contribution in [0.2, 0.25) is 5.02 Å². The molecule has 2 rings (SSSR count). The first-order valence-electron chi connectivity index (χ1n) is 7.70. The highest BCUT2D eigenvalue weighted by Gasteiger charge is 2.32. The van der Waals surface area contributed by atoms with Crippen molar-refractivity contribution in [2.24, 2.45) is 5.92 Å². The van der Waals surface area contributed by atoms with Crippen LogP contribution >= 0.6 is 11.6 Å². The van der Waals surface area contributed by atoms with Gasteiger partial charge in [-0.3, -0.25) is 4.79 Å². The highest BCUT2D eigenvalue weighted by molar-refractivity contribution is 7.89. The average Bonchev–Trinajstić information content (AvgIpc) is 2.57. The smallest absolute Gasteiger partial charge is 0.243 e. The van der Waals surface area contributed by atoms with Crippen LogP contribution in [0.1, 0.15) is 19.3 Å². The standard InChI is InChI=1S/C15H20ClFN2O4S/c16-13-10-12(2-3-14(13)17)24(22,23)19-7-4-11(5-8-19)15(21)18-6-1-9-20/h2-3,10-11,20H,1,4-9H2,(H,18,21). The Kier molecular flexibility index (Phi) is 6.56. The Balaban J connectivity index is 1.98. The number of hydrogen-bond donors (Lipinski definition) is 2. The minimum atomic E-state index is -3.75. The maximum absolute atomic E-state index is 13.2. The molecule has 1 aliphatic rings. The van der Waals surface area contributed by atoms with Gasteiger partial charge in [0.25, 0.3) is 0 Å². The Morgan fingerprint density at radius 3 is 2.62 bits per heavy atom. The quantitative estimate of drug-likeness (QED) is 0.732. The van der Waals surface area contributed by atoms with E-state index in [1.54, 1.807) is 0 Å². The summed E-state index contributed by atoms with van der Waals surface area (Å²) in [6, 6.07) is 3.31. The Morgan fingerprint density at radius 1 is 1.38 bits per heavy atom. The highest BCUT2D eigenvalue weighted by atomic mass is 35.5. The van der Waals surface area contributed by atoms with Crippen LogP contribution in [0.15, 0.2) is 23.1 Å². The van der Waals surface area contributed by atoms with Crippen molar-refractivity contribution >= 4 is 27.5 Å². The zero-order valence-electron chi connectivity index (χ0n) is 13.0. The van der Waals surface area contributed by atoms with E-state index in [9.17, 15) is 17.6 Å². The number of carbonyl (C=O) groups excluding carboxylic acids is 1. The van der Waals surface area contributed by atoms with E-state index in [1.807, 2.05) is 0 Å². The molecule has 1 heterocycles. The van der Waals surface area contributed by atoms with Crippen LogP contribution in [0.3, 0.4) is 0 Å². The first-order valence-corrected chi connectivity index (χ1v) is 9.52. The lowest BCUT2D eigenvalue weighted by Gasteiger charge is -2.30. The zero-order chi connectivity index (χ0) is 17.7. The molecule has 24 heavy (non-hydrogen) atoms. The SMILES string of the molecule is O=C(NCCCO)C1CCN(S(=O)(=O)c2ccc(F)c(Cl)c2)CC1. The number of amides is 1. The molecule has 0 atom stereocenters. The number of hydrogen-bond acceptors (Lipinski definition) is 4. The van der Waals surface area contributed by atoms with Crippen molar-refractivity contribution in [3.63, 3.8) is 0 Å². The Morgan fingerprint density at radius 2 is 2.04 bits per heavy atom. The van der Waals surface area contributed by atoms with E-state index in [0.717, 1.165) is 12.1 Å². The summed E-state index contributed by atoms with van der Waals surface area (Å²) in [6.07, 6.45) is 1.32. The van der Waals surface area contributed by atoms with Crippen molar-refractivity contribution in [1.29, 1.82) is 0 Å². The van der Waals surface area contributed by atoms with Gasteiger partial charge in [-0.15, -0.1) is 0 Å². The lowest BCUT2D eigenvalue weighted by molar-refractivity contribution is -0.126. The van der Waals surface area contributed by atoms with Gasteiger partial charge in [0.2, 0.25) is 15.9 Å². The molecule has 2 N–H and O–H groups in total. The number of carbonyl (C=O) groups is 1. The van der Waals surface area contributed by atoms with Gasteiger partial charge in [-0.1, -0.05) is 11.6 Å². The van der Waals surface area contributed by atoms with E-state index in [-0.39, 0.29) is 41.4 Å². The molecule has 1 aromatic rings. The van der Waals surface area contributed by atoms with Crippen molar-refractivity contribution in [3.8, 4) is 0 Å². The molecule has 1 fully saturated rings. The summed E-state index contributed by atoms with van der Waals surface area (Å²) in [5.41, 5.74) is 0. The summed E-state index contributed by atoms with van der Waals surface area (Å²) in [7, 11) is -3.75. The number of benzene rings is 1. The minimum Gasteiger partial charge on any atom is -0.396 e. The Hall–Kier alpha value is -1.22. The average molecular weight is 379 g/mol. The van der Waals surface area contributed by atoms with E-state index in [2.05, 4.69) is 5.32 Å². The van der Waals surface area contributed by atoms with E-state index < -0.39 is 15.8 Å². The number of nitrogens with zero attached hydrogens (tertiary/aromatic N) is 1. The lowest BCUT2D eigenvalue weighted by atomic mass is 9.97. The number of aliphatic hydroxyl groups excluding tert-OH is 1. The summed E-state index contributed by atoms with van der Waals surface area (Å²) in [4.78, 5) is 11.9. The first-order chi connectivity index (χ1) is 11.4. The van der Waals surface area contributed by atoms with Gasteiger partial charge >= 0.3 is 0 Å². The van der Waals surface area contributed by atoms with Crippen LogP contribution in [-0.4, -0.2) is 50.0 Å². The van der Waals surface area contributed by atoms with E-state index in [4.69, 9.17) is 16.7 Å². The molecule has 0 unspecified atom stereocenters. The fraction of sp³-hybridized carbons (Fsp3) is 0.533. The van der Waals surface area contributed by atoms with Crippen LogP contribution in [0, 0.1) is 11.7 Å². The van der Waals surface area contributed by atoms with Gasteiger partial charge in [0.15, 0.2) is 0 Å². The number of sulfonamides is 1. The van der Waals surface area contributed by atoms with Gasteiger partial charge in [0.05, 0.1) is 9.92 Å². The molecule has 0 radical (unpaired) electrons. The van der Waals surface area contributed by atoms with Crippen molar-refractivity contribution in [2.45, 2.75) is 24.2 Å². The second-order valence-electron chi connectivity index (χ2n) is 5.62. The van der Waals surface area contributed by atoms with Gasteiger partial charge in [-0.05, 0) is 37.5 Å². The Bertz CT molecular complexity index is 691. The third kappa shape index (κ3) is 4.44. The minimum absolute atomic E-state index is 0.0111. The molecule has 6 nitrogen and oxygen atoms in total.